The fourth-order valence-electron chi connectivity index (χ4n) is 1.07. The number of aromatic nitrogens is 1. The normalized spacial score (nSPS) is 14.1. The predicted molar refractivity (Wildman–Crippen MR) is 57.8 cm³/mol. The molecule has 4 nitrogen and oxygen atoms in total. The third kappa shape index (κ3) is 3.73. The molecular formula is C8H14N2O2S2. The lowest BCUT2D eigenvalue weighted by Gasteiger charge is -2.07. The van der Waals surface area contributed by atoms with E-state index in [4.69, 9.17) is 5.73 Å². The molecule has 0 fully saturated rings. The van der Waals surface area contributed by atoms with Crippen LogP contribution in [0.3, 0.4) is 0 Å². The highest BCUT2D eigenvalue weighted by Crippen LogP contribution is 2.11. The van der Waals surface area contributed by atoms with Gasteiger partial charge in [0.1, 0.15) is 10.8 Å². The van der Waals surface area contributed by atoms with Gasteiger partial charge in [0.25, 0.3) is 0 Å². The molecule has 1 atom stereocenters. The van der Waals surface area contributed by atoms with Crippen LogP contribution < -0.4 is 5.73 Å². The van der Waals surface area contributed by atoms with E-state index >= 15 is 0 Å². The van der Waals surface area contributed by atoms with Gasteiger partial charge in [-0.05, 0) is 12.5 Å². The summed E-state index contributed by atoms with van der Waals surface area (Å²) in [5.74, 6) is 0.193. The van der Waals surface area contributed by atoms with Crippen molar-refractivity contribution in [2.24, 2.45) is 11.7 Å². The second-order valence-electron chi connectivity index (χ2n) is 3.32. The Kier molecular flexibility index (Phi) is 4.03. The van der Waals surface area contributed by atoms with Gasteiger partial charge >= 0.3 is 0 Å². The molecule has 0 aliphatic heterocycles. The van der Waals surface area contributed by atoms with Crippen LogP contribution in [-0.2, 0) is 15.6 Å². The number of thiazole rings is 1. The van der Waals surface area contributed by atoms with Crippen LogP contribution in [0.5, 0.6) is 0 Å². The topological polar surface area (TPSA) is 73.1 Å². The molecule has 80 valence electrons. The predicted octanol–water partition coefficient (Wildman–Crippen LogP) is 0.653. The molecule has 0 saturated carbocycles. The average Bonchev–Trinajstić information content (AvgIpc) is 2.54. The average molecular weight is 234 g/mol. The van der Waals surface area contributed by atoms with Crippen LogP contribution >= 0.6 is 11.3 Å². The molecule has 0 aromatic carbocycles. The number of sulfone groups is 1. The zero-order chi connectivity index (χ0) is 10.6. The molecule has 1 unspecified atom stereocenters. The molecule has 0 radical (unpaired) electrons. The Morgan fingerprint density at radius 3 is 2.86 bits per heavy atom. The molecular weight excluding hydrogens is 220 g/mol. The maximum absolute atomic E-state index is 11.6. The first kappa shape index (κ1) is 11.6. The van der Waals surface area contributed by atoms with Crippen LogP contribution in [0.4, 0.5) is 0 Å². The van der Waals surface area contributed by atoms with Crippen LogP contribution in [-0.4, -0.2) is 25.7 Å². The largest absolute Gasteiger partial charge is 0.330 e. The van der Waals surface area contributed by atoms with Gasteiger partial charge in [-0.3, -0.25) is 0 Å². The molecule has 0 amide bonds. The van der Waals surface area contributed by atoms with E-state index in [1.807, 2.05) is 6.92 Å². The lowest BCUT2D eigenvalue weighted by molar-refractivity contribution is 0.573. The molecule has 0 saturated heterocycles. The zero-order valence-electron chi connectivity index (χ0n) is 8.01. The van der Waals surface area contributed by atoms with E-state index in [0.717, 1.165) is 0 Å². The summed E-state index contributed by atoms with van der Waals surface area (Å²) < 4.78 is 23.2. The summed E-state index contributed by atoms with van der Waals surface area (Å²) in [4.78, 5) is 3.94. The molecule has 0 spiro atoms. The fraction of sp³-hybridized carbons (Fsp3) is 0.625. The minimum atomic E-state index is -3.05. The molecule has 1 heterocycles. The van der Waals surface area contributed by atoms with E-state index in [-0.39, 0.29) is 17.4 Å². The summed E-state index contributed by atoms with van der Waals surface area (Å²) in [6.07, 6.45) is 1.61. The van der Waals surface area contributed by atoms with Crippen molar-refractivity contribution in [2.75, 3.05) is 12.3 Å². The minimum absolute atomic E-state index is 0.0139. The first-order valence-electron chi connectivity index (χ1n) is 4.32. The lowest BCUT2D eigenvalue weighted by atomic mass is 10.2. The standard InChI is InChI=1S/C8H14N2O2S2/c1-7(4-9)5-14(11,12)6-8-10-2-3-13-8/h2-3,7H,4-6,9H2,1H3. The van der Waals surface area contributed by atoms with Gasteiger partial charge < -0.3 is 5.73 Å². The van der Waals surface area contributed by atoms with Crippen molar-refractivity contribution in [2.45, 2.75) is 12.7 Å². The lowest BCUT2D eigenvalue weighted by Crippen LogP contribution is -2.22. The smallest absolute Gasteiger partial charge is 0.157 e. The molecule has 14 heavy (non-hydrogen) atoms. The van der Waals surface area contributed by atoms with Crippen molar-refractivity contribution in [3.05, 3.63) is 16.6 Å². The summed E-state index contributed by atoms with van der Waals surface area (Å²) >= 11 is 1.36. The van der Waals surface area contributed by atoms with E-state index in [2.05, 4.69) is 4.98 Å². The molecule has 0 aliphatic rings. The van der Waals surface area contributed by atoms with Gasteiger partial charge in [-0.2, -0.15) is 0 Å². The zero-order valence-corrected chi connectivity index (χ0v) is 9.64. The Labute approximate surface area is 88.1 Å². The summed E-state index contributed by atoms with van der Waals surface area (Å²) in [6, 6.07) is 0. The van der Waals surface area contributed by atoms with Crippen LogP contribution in [0.2, 0.25) is 0 Å². The monoisotopic (exact) mass is 234 g/mol. The number of hydrogen-bond acceptors (Lipinski definition) is 5. The van der Waals surface area contributed by atoms with Gasteiger partial charge in [-0.15, -0.1) is 11.3 Å². The maximum Gasteiger partial charge on any atom is 0.157 e. The number of nitrogens with two attached hydrogens (primary N) is 1. The van der Waals surface area contributed by atoms with Crippen LogP contribution in [0, 0.1) is 5.92 Å². The quantitative estimate of drug-likeness (QED) is 0.812. The maximum atomic E-state index is 11.6. The molecule has 1 rings (SSSR count). The fourth-order valence-corrected chi connectivity index (χ4v) is 3.86. The van der Waals surface area contributed by atoms with E-state index in [1.165, 1.54) is 11.3 Å². The minimum Gasteiger partial charge on any atom is -0.330 e. The van der Waals surface area contributed by atoms with Gasteiger partial charge in [0, 0.05) is 11.6 Å². The van der Waals surface area contributed by atoms with Crippen LogP contribution in [0.25, 0.3) is 0 Å². The van der Waals surface area contributed by atoms with Gasteiger partial charge in [-0.1, -0.05) is 6.92 Å². The van der Waals surface area contributed by atoms with Crippen molar-refractivity contribution in [1.82, 2.24) is 4.98 Å². The Hall–Kier alpha value is -0.460. The van der Waals surface area contributed by atoms with Crippen molar-refractivity contribution in [1.29, 1.82) is 0 Å². The third-order valence-electron chi connectivity index (χ3n) is 1.77. The molecule has 0 aliphatic carbocycles. The Balaban J connectivity index is 2.59. The highest BCUT2D eigenvalue weighted by Gasteiger charge is 2.16. The van der Waals surface area contributed by atoms with E-state index in [0.29, 0.717) is 11.6 Å². The third-order valence-corrected chi connectivity index (χ3v) is 4.52. The van der Waals surface area contributed by atoms with Gasteiger partial charge in [0.15, 0.2) is 9.84 Å². The highest BCUT2D eigenvalue weighted by molar-refractivity contribution is 7.90. The molecule has 1 aromatic heterocycles. The van der Waals surface area contributed by atoms with Gasteiger partial charge in [0.05, 0.1) is 5.75 Å². The Morgan fingerprint density at radius 1 is 1.64 bits per heavy atom. The second kappa shape index (κ2) is 4.86. The van der Waals surface area contributed by atoms with Crippen LogP contribution in [0.15, 0.2) is 11.6 Å². The Morgan fingerprint density at radius 2 is 2.36 bits per heavy atom. The molecule has 6 heteroatoms. The summed E-state index contributed by atoms with van der Waals surface area (Å²) in [6.45, 7) is 2.23. The van der Waals surface area contributed by atoms with Gasteiger partial charge in [0.2, 0.25) is 0 Å². The van der Waals surface area contributed by atoms with Crippen molar-refractivity contribution in [3.63, 3.8) is 0 Å². The Bertz CT molecular complexity index is 359. The van der Waals surface area contributed by atoms with Crippen LogP contribution in [0.1, 0.15) is 11.9 Å². The van der Waals surface area contributed by atoms with Crippen molar-refractivity contribution < 1.29 is 8.42 Å². The van der Waals surface area contributed by atoms with E-state index in [1.54, 1.807) is 11.6 Å². The number of nitrogens with zero attached hydrogens (tertiary/aromatic N) is 1. The SMILES string of the molecule is CC(CN)CS(=O)(=O)Cc1nccs1. The van der Waals surface area contributed by atoms with Gasteiger partial charge in [-0.25, -0.2) is 13.4 Å². The highest BCUT2D eigenvalue weighted by atomic mass is 32.2. The first-order valence-corrected chi connectivity index (χ1v) is 7.02. The van der Waals surface area contributed by atoms with Crippen molar-refractivity contribution in [3.8, 4) is 0 Å². The molecule has 1 aromatic rings. The summed E-state index contributed by atoms with van der Waals surface area (Å²) in [7, 11) is -3.05. The van der Waals surface area contributed by atoms with E-state index < -0.39 is 9.84 Å². The summed E-state index contributed by atoms with van der Waals surface area (Å²) in [5.41, 5.74) is 5.38. The molecule has 0 bridgehead atoms. The summed E-state index contributed by atoms with van der Waals surface area (Å²) in [5, 5.41) is 2.42. The van der Waals surface area contributed by atoms with E-state index in [9.17, 15) is 8.42 Å². The number of rotatable bonds is 5. The first-order chi connectivity index (χ1) is 6.53. The van der Waals surface area contributed by atoms with Crippen molar-refractivity contribution >= 4 is 21.2 Å². The molecule has 2 N–H and O–H groups in total. The second-order valence-corrected chi connectivity index (χ2v) is 6.41. The number of hydrogen-bond donors (Lipinski definition) is 1.